The van der Waals surface area contributed by atoms with E-state index < -0.39 is 6.10 Å². The third kappa shape index (κ3) is 4.38. The van der Waals surface area contributed by atoms with Crippen LogP contribution in [0.3, 0.4) is 0 Å². The molecule has 0 radical (unpaired) electrons. The van der Waals surface area contributed by atoms with E-state index in [0.29, 0.717) is 18.1 Å². The van der Waals surface area contributed by atoms with E-state index in [0.717, 1.165) is 77.5 Å². The molecule has 1 aromatic carbocycles. The van der Waals surface area contributed by atoms with Crippen molar-refractivity contribution >= 4 is 16.7 Å². The molecule has 1 spiro atoms. The van der Waals surface area contributed by atoms with E-state index in [4.69, 9.17) is 0 Å². The molecule has 3 N–H and O–H groups in total. The zero-order valence-electron chi connectivity index (χ0n) is 26.6. The van der Waals surface area contributed by atoms with Crippen molar-refractivity contribution in [3.63, 3.8) is 0 Å². The molecule has 2 bridgehead atoms. The minimum absolute atomic E-state index is 0.0636. The van der Waals surface area contributed by atoms with Crippen LogP contribution in [-0.4, -0.2) is 75.6 Å². The van der Waals surface area contributed by atoms with Crippen LogP contribution < -0.4 is 5.32 Å². The number of aromatic amines is 1. The van der Waals surface area contributed by atoms with Gasteiger partial charge >= 0.3 is 0 Å². The number of carbonyl (C=O) groups is 1. The van der Waals surface area contributed by atoms with Crippen molar-refractivity contribution in [2.24, 2.45) is 17.3 Å². The van der Waals surface area contributed by atoms with Gasteiger partial charge in [-0.2, -0.15) is 0 Å². The summed E-state index contributed by atoms with van der Waals surface area (Å²) in [5.74, 6) is 0.774. The Bertz CT molecular complexity index is 1450. The fraction of sp³-hybridized carbons (Fsp3) is 0.658. The summed E-state index contributed by atoms with van der Waals surface area (Å²) in [5, 5.41) is 18.8. The van der Waals surface area contributed by atoms with Crippen LogP contribution in [0.2, 0.25) is 0 Å². The van der Waals surface area contributed by atoms with Crippen molar-refractivity contribution in [1.82, 2.24) is 20.1 Å². The zero-order valence-corrected chi connectivity index (χ0v) is 26.6. The fourth-order valence-corrected chi connectivity index (χ4v) is 11.5. The van der Waals surface area contributed by atoms with Gasteiger partial charge in [0.2, 0.25) is 0 Å². The smallest absolute Gasteiger partial charge is 0.131 e. The van der Waals surface area contributed by atoms with Gasteiger partial charge in [0.1, 0.15) is 5.78 Å². The van der Waals surface area contributed by atoms with Crippen LogP contribution in [0.25, 0.3) is 10.9 Å². The Kier molecular flexibility index (Phi) is 7.64. The number of nitrogens with one attached hydrogen (secondary N) is 2. The molecular weight excluding hydrogens is 544 g/mol. The second kappa shape index (κ2) is 11.5. The third-order valence-electron chi connectivity index (χ3n) is 13.0. The molecule has 6 heteroatoms. The van der Waals surface area contributed by atoms with Crippen LogP contribution in [0.15, 0.2) is 48.6 Å². The number of ketones is 1. The lowest BCUT2D eigenvalue weighted by molar-refractivity contribution is -0.174. The number of rotatable bonds is 2. The van der Waals surface area contributed by atoms with Gasteiger partial charge in [0, 0.05) is 59.5 Å². The van der Waals surface area contributed by atoms with Gasteiger partial charge in [0.15, 0.2) is 0 Å². The molecule has 2 saturated heterocycles. The van der Waals surface area contributed by atoms with Gasteiger partial charge in [-0.05, 0) is 108 Å². The number of H-pyrrole nitrogens is 1. The van der Waals surface area contributed by atoms with Crippen molar-refractivity contribution in [3.8, 4) is 0 Å². The predicted molar refractivity (Wildman–Crippen MR) is 177 cm³/mol. The number of Topliss-reactive ketones (excluding diaryl/α,β-unsaturated/α-hetero) is 1. The second-order valence-electron chi connectivity index (χ2n) is 15.1. The molecule has 3 unspecified atom stereocenters. The molecule has 236 valence electrons. The van der Waals surface area contributed by atoms with Gasteiger partial charge in [-0.15, -0.1) is 0 Å². The number of aliphatic hydroxyl groups is 1. The second-order valence-corrected chi connectivity index (χ2v) is 15.1. The topological polar surface area (TPSA) is 71.6 Å². The van der Waals surface area contributed by atoms with E-state index in [1.165, 1.54) is 41.4 Å². The number of carbonyl (C=O) groups excluding carboxylic acids is 1. The largest absolute Gasteiger partial charge is 0.391 e. The highest BCUT2D eigenvalue weighted by Gasteiger charge is 2.74. The van der Waals surface area contributed by atoms with E-state index >= 15 is 0 Å². The minimum atomic E-state index is -0.435. The maximum atomic E-state index is 13.3. The first-order chi connectivity index (χ1) is 21.5. The number of hydrogen-bond donors (Lipinski definition) is 3. The molecule has 5 aliphatic heterocycles. The van der Waals surface area contributed by atoms with Gasteiger partial charge in [0.05, 0.1) is 17.7 Å². The van der Waals surface area contributed by atoms with Crippen molar-refractivity contribution in [2.45, 2.75) is 114 Å². The van der Waals surface area contributed by atoms with Crippen LogP contribution >= 0.6 is 0 Å². The minimum Gasteiger partial charge on any atom is -0.391 e. The van der Waals surface area contributed by atoms with Gasteiger partial charge in [-0.25, -0.2) is 0 Å². The summed E-state index contributed by atoms with van der Waals surface area (Å²) in [6.45, 7) is 5.89. The van der Waals surface area contributed by atoms with Crippen LogP contribution in [0.4, 0.5) is 0 Å². The summed E-state index contributed by atoms with van der Waals surface area (Å²) in [7, 11) is 0. The lowest BCUT2D eigenvalue weighted by Crippen LogP contribution is -2.74. The fourth-order valence-electron chi connectivity index (χ4n) is 11.5. The van der Waals surface area contributed by atoms with Crippen molar-refractivity contribution in [1.29, 1.82) is 0 Å². The van der Waals surface area contributed by atoms with Crippen molar-refractivity contribution < 1.29 is 9.90 Å². The zero-order chi connectivity index (χ0) is 29.9. The Morgan fingerprint density at radius 2 is 1.80 bits per heavy atom. The SMILES string of the molecule is CC(=O)C[C@@H]1C[C@H]2[C@H]([C@@H]3c4[nH]c5ccccc5c4CCN13)[C@H](O)C13CC/C=C\CCCCN1CC21CC/C=C\CCCNC13. The maximum Gasteiger partial charge on any atom is 0.131 e. The van der Waals surface area contributed by atoms with Crippen LogP contribution in [-0.2, 0) is 11.2 Å². The lowest BCUT2D eigenvalue weighted by Gasteiger charge is -2.64. The number of piperidine rings is 1. The Morgan fingerprint density at radius 3 is 2.66 bits per heavy atom. The molecule has 6 nitrogen and oxygen atoms in total. The molecule has 8 rings (SSSR count). The summed E-state index contributed by atoms with van der Waals surface area (Å²) in [6.07, 6.45) is 22.0. The number of fused-ring (bicyclic) bond motifs is 7. The summed E-state index contributed by atoms with van der Waals surface area (Å²) in [6, 6.07) is 9.37. The van der Waals surface area contributed by atoms with Gasteiger partial charge in [-0.3, -0.25) is 14.6 Å². The number of para-hydroxylation sites is 1. The number of benzene rings is 1. The van der Waals surface area contributed by atoms with Crippen LogP contribution in [0.5, 0.6) is 0 Å². The predicted octanol–water partition coefficient (Wildman–Crippen LogP) is 6.07. The van der Waals surface area contributed by atoms with E-state index in [2.05, 4.69) is 68.7 Å². The van der Waals surface area contributed by atoms with Crippen LogP contribution in [0.1, 0.15) is 94.9 Å². The first-order valence-electron chi connectivity index (χ1n) is 17.9. The first kappa shape index (κ1) is 29.2. The van der Waals surface area contributed by atoms with Gasteiger partial charge in [-0.1, -0.05) is 42.5 Å². The molecule has 2 aromatic rings. The number of hydrogen-bond acceptors (Lipinski definition) is 5. The number of nitrogens with zero attached hydrogens (tertiary/aromatic N) is 2. The Balaban J connectivity index is 1.33. The maximum absolute atomic E-state index is 13.3. The molecule has 6 heterocycles. The highest BCUT2D eigenvalue weighted by molar-refractivity contribution is 5.85. The van der Waals surface area contributed by atoms with Gasteiger partial charge < -0.3 is 15.4 Å². The van der Waals surface area contributed by atoms with E-state index in [9.17, 15) is 9.90 Å². The number of allylic oxidation sites excluding steroid dienone is 4. The van der Waals surface area contributed by atoms with Crippen molar-refractivity contribution in [2.75, 3.05) is 26.2 Å². The first-order valence-corrected chi connectivity index (χ1v) is 17.9. The highest BCUT2D eigenvalue weighted by atomic mass is 16.3. The third-order valence-corrected chi connectivity index (χ3v) is 13.0. The molecule has 6 aliphatic rings. The van der Waals surface area contributed by atoms with E-state index in [-0.39, 0.29) is 35.0 Å². The van der Waals surface area contributed by atoms with Crippen molar-refractivity contribution in [3.05, 3.63) is 59.8 Å². The standard InChI is InChI=1S/C38H52N4O2/c1-26(43)23-27-24-30-32(34-33-29(17-22-42(27)34)28-15-9-10-16-31(28)40-33)35(44)38-19-12-6-2-3-8-14-21-41(38)25-37(30)18-11-5-4-7-13-20-39-36(37)38/h2,4-6,9-10,15-16,27,30,32,34-36,39-40,44H,3,7-8,11-14,17-25H2,1H3/b5-4-,6-2-/t27-,30+,32-,34-,35+,36?,37?,38?/m1/s1. The summed E-state index contributed by atoms with van der Waals surface area (Å²) < 4.78 is 0. The van der Waals surface area contributed by atoms with E-state index in [1.807, 2.05) is 0 Å². The average molecular weight is 597 g/mol. The lowest BCUT2D eigenvalue weighted by atomic mass is 9.48. The molecule has 1 saturated carbocycles. The quantitative estimate of drug-likeness (QED) is 0.367. The highest BCUT2D eigenvalue weighted by Crippen LogP contribution is 2.66. The Morgan fingerprint density at radius 1 is 1.00 bits per heavy atom. The summed E-state index contributed by atoms with van der Waals surface area (Å²) in [4.78, 5) is 22.3. The molecule has 1 aromatic heterocycles. The molecular formula is C38H52N4O2. The monoisotopic (exact) mass is 596 g/mol. The van der Waals surface area contributed by atoms with Gasteiger partial charge in [0.25, 0.3) is 0 Å². The number of aliphatic hydroxyl groups excluding tert-OH is 1. The molecule has 3 fully saturated rings. The normalized spacial score (nSPS) is 41.0. The summed E-state index contributed by atoms with van der Waals surface area (Å²) in [5.41, 5.74) is 3.76. The molecule has 0 amide bonds. The Labute approximate surface area is 263 Å². The molecule has 44 heavy (non-hydrogen) atoms. The summed E-state index contributed by atoms with van der Waals surface area (Å²) >= 11 is 0. The number of aromatic nitrogens is 1. The average Bonchev–Trinajstić information content (AvgIpc) is 3.51. The van der Waals surface area contributed by atoms with Crippen LogP contribution in [0, 0.1) is 17.3 Å². The van der Waals surface area contributed by atoms with E-state index in [1.54, 1.807) is 6.92 Å². The molecule has 1 aliphatic carbocycles. The Hall–Kier alpha value is -2.25. The molecule has 8 atom stereocenters.